The minimum Gasteiger partial charge on any atom is -0.290 e. The van der Waals surface area contributed by atoms with Gasteiger partial charge in [0.1, 0.15) is 11.5 Å². The number of rotatable bonds is 7. The topological polar surface area (TPSA) is 87.1 Å². The molecule has 7 nitrogen and oxygen atoms in total. The Kier molecular flexibility index (Phi) is 6.30. The molecule has 7 heteroatoms. The van der Waals surface area contributed by atoms with Gasteiger partial charge in [-0.2, -0.15) is 0 Å². The third-order valence-corrected chi connectivity index (χ3v) is 6.17. The van der Waals surface area contributed by atoms with Gasteiger partial charge < -0.3 is 0 Å². The van der Waals surface area contributed by atoms with E-state index in [1.165, 1.54) is 0 Å². The van der Waals surface area contributed by atoms with Crippen molar-refractivity contribution in [3.63, 3.8) is 0 Å². The quantitative estimate of drug-likeness (QED) is 0.367. The van der Waals surface area contributed by atoms with Gasteiger partial charge in [0.2, 0.25) is 0 Å². The highest BCUT2D eigenvalue weighted by atomic mass is 16.2. The summed E-state index contributed by atoms with van der Waals surface area (Å²) in [6.07, 6.45) is 1.68. The van der Waals surface area contributed by atoms with Crippen molar-refractivity contribution < 1.29 is 4.79 Å². The number of benzene rings is 3. The number of aromatic nitrogens is 4. The molecule has 2 heterocycles. The number of carbonyl (C=O) groups excluding carboxylic acids is 1. The number of allylic oxidation sites excluding steroid dienone is 1. The summed E-state index contributed by atoms with van der Waals surface area (Å²) >= 11 is 0. The molecule has 0 atom stereocenters. The zero-order valence-electron chi connectivity index (χ0n) is 19.8. The van der Waals surface area contributed by atoms with Gasteiger partial charge in [-0.25, -0.2) is 10.1 Å². The van der Waals surface area contributed by atoms with Gasteiger partial charge in [0.15, 0.2) is 5.82 Å². The van der Waals surface area contributed by atoms with E-state index in [2.05, 4.69) is 51.8 Å². The summed E-state index contributed by atoms with van der Waals surface area (Å²) < 4.78 is 0. The molecule has 0 spiro atoms. The first-order valence-corrected chi connectivity index (χ1v) is 11.7. The Labute approximate surface area is 204 Å². The average molecular weight is 463 g/mol. The van der Waals surface area contributed by atoms with E-state index in [1.54, 1.807) is 0 Å². The molecule has 0 saturated carbocycles. The zero-order valence-corrected chi connectivity index (χ0v) is 19.8. The van der Waals surface area contributed by atoms with Gasteiger partial charge in [-0.3, -0.25) is 9.69 Å². The number of amidine groups is 1. The molecule has 0 aliphatic carbocycles. The van der Waals surface area contributed by atoms with E-state index in [1.807, 2.05) is 66.4 Å². The maximum Gasteiger partial charge on any atom is 0.278 e. The first kappa shape index (κ1) is 22.4. The largest absolute Gasteiger partial charge is 0.290 e. The van der Waals surface area contributed by atoms with Crippen LogP contribution in [-0.2, 0) is 11.3 Å². The fourth-order valence-electron chi connectivity index (χ4n) is 4.32. The van der Waals surface area contributed by atoms with Crippen LogP contribution in [0.2, 0.25) is 0 Å². The molecule has 5 rings (SSSR count). The molecule has 0 fully saturated rings. The van der Waals surface area contributed by atoms with Crippen molar-refractivity contribution in [1.82, 2.24) is 25.5 Å². The minimum atomic E-state index is -0.0398. The molecule has 1 aromatic heterocycles. The van der Waals surface area contributed by atoms with E-state index in [9.17, 15) is 4.79 Å². The van der Waals surface area contributed by atoms with Gasteiger partial charge in [-0.15, -0.1) is 5.10 Å². The van der Waals surface area contributed by atoms with Gasteiger partial charge in [0.05, 0.1) is 6.54 Å². The van der Waals surface area contributed by atoms with Crippen LogP contribution in [0.1, 0.15) is 37.8 Å². The van der Waals surface area contributed by atoms with Crippen LogP contribution in [-0.4, -0.2) is 37.3 Å². The van der Waals surface area contributed by atoms with Crippen LogP contribution in [0, 0.1) is 0 Å². The monoisotopic (exact) mass is 462 g/mol. The van der Waals surface area contributed by atoms with Crippen LogP contribution < -0.4 is 0 Å². The molecular weight excluding hydrogens is 436 g/mol. The Morgan fingerprint density at radius 2 is 1.63 bits per heavy atom. The lowest BCUT2D eigenvalue weighted by molar-refractivity contribution is -0.123. The second-order valence-electron chi connectivity index (χ2n) is 8.50. The van der Waals surface area contributed by atoms with Crippen LogP contribution in [0.15, 0.2) is 89.6 Å². The van der Waals surface area contributed by atoms with Crippen molar-refractivity contribution in [2.75, 3.05) is 0 Å². The van der Waals surface area contributed by atoms with Gasteiger partial charge in [-0.05, 0) is 51.6 Å². The molecule has 174 valence electrons. The van der Waals surface area contributed by atoms with E-state index in [-0.39, 0.29) is 5.91 Å². The smallest absolute Gasteiger partial charge is 0.278 e. The Hall–Kier alpha value is -4.39. The second kappa shape index (κ2) is 9.85. The van der Waals surface area contributed by atoms with E-state index in [0.717, 1.165) is 52.1 Å². The lowest BCUT2D eigenvalue weighted by Gasteiger charge is -2.18. The number of H-pyrrole nitrogens is 1. The van der Waals surface area contributed by atoms with Crippen molar-refractivity contribution in [1.29, 1.82) is 0 Å². The zero-order chi connectivity index (χ0) is 24.2. The number of aliphatic imine (C=N–C) groups is 1. The van der Waals surface area contributed by atoms with E-state index >= 15 is 0 Å². The van der Waals surface area contributed by atoms with Crippen LogP contribution in [0.4, 0.5) is 0 Å². The number of tetrazole rings is 1. The summed E-state index contributed by atoms with van der Waals surface area (Å²) in [6, 6.07) is 26.2. The minimum absolute atomic E-state index is 0.0398. The highest BCUT2D eigenvalue weighted by Gasteiger charge is 2.31. The summed E-state index contributed by atoms with van der Waals surface area (Å²) in [4.78, 5) is 20.0. The fourth-order valence-corrected chi connectivity index (χ4v) is 4.32. The summed E-state index contributed by atoms with van der Waals surface area (Å²) in [6.45, 7) is 4.56. The Morgan fingerprint density at radius 1 is 0.914 bits per heavy atom. The van der Waals surface area contributed by atoms with Crippen LogP contribution >= 0.6 is 0 Å². The fraction of sp³-hybridized carbons (Fsp3) is 0.179. The number of hydrogen-bond donors (Lipinski definition) is 1. The molecule has 1 N–H and O–H groups in total. The Morgan fingerprint density at radius 3 is 2.31 bits per heavy atom. The highest BCUT2D eigenvalue weighted by Crippen LogP contribution is 2.31. The molecule has 0 unspecified atom stereocenters. The first-order valence-electron chi connectivity index (χ1n) is 11.7. The molecule has 1 aliphatic rings. The normalized spacial score (nSPS) is 14.9. The molecular formula is C28H26N6O. The van der Waals surface area contributed by atoms with Crippen LogP contribution in [0.5, 0.6) is 0 Å². The van der Waals surface area contributed by atoms with Crippen molar-refractivity contribution >= 4 is 17.3 Å². The summed E-state index contributed by atoms with van der Waals surface area (Å²) in [5.41, 5.74) is 6.52. The summed E-state index contributed by atoms with van der Waals surface area (Å²) in [7, 11) is 0. The number of carbonyl (C=O) groups is 1. The number of aromatic amines is 1. The first-order chi connectivity index (χ1) is 17.2. The van der Waals surface area contributed by atoms with Gasteiger partial charge in [0, 0.05) is 12.0 Å². The van der Waals surface area contributed by atoms with E-state index in [4.69, 9.17) is 4.99 Å². The standard InChI is InChI=1S/C28H26N6O/c1-3-9-25-29-26(19(2)21-10-5-4-6-11-21)28(35)34(25)18-20-14-16-22(17-15-20)23-12-7-8-13-24(23)27-30-32-33-31-27/h4-8,10-17H,3,9,18H2,1-2H3,(H,30,31,32,33). The van der Waals surface area contributed by atoms with Crippen molar-refractivity contribution in [3.8, 4) is 22.5 Å². The summed E-state index contributed by atoms with van der Waals surface area (Å²) in [5.74, 6) is 1.41. The molecule has 3 aromatic carbocycles. The van der Waals surface area contributed by atoms with Gasteiger partial charge >= 0.3 is 0 Å². The van der Waals surface area contributed by atoms with Gasteiger partial charge in [0.25, 0.3) is 5.91 Å². The third kappa shape index (κ3) is 4.53. The molecule has 1 amide bonds. The molecule has 1 aliphatic heterocycles. The third-order valence-electron chi connectivity index (χ3n) is 6.17. The number of hydrogen-bond acceptors (Lipinski definition) is 5. The lowest BCUT2D eigenvalue weighted by atomic mass is 9.98. The van der Waals surface area contributed by atoms with E-state index in [0.29, 0.717) is 18.1 Å². The number of amides is 1. The average Bonchev–Trinajstić information content (AvgIpc) is 3.54. The SMILES string of the molecule is CCCC1=NC(=C(C)c2ccccc2)C(=O)N1Cc1ccc(-c2ccccc2-c2nnn[nH]2)cc1. The molecule has 0 saturated heterocycles. The highest BCUT2D eigenvalue weighted by molar-refractivity contribution is 6.15. The van der Waals surface area contributed by atoms with Crippen molar-refractivity contribution in [2.24, 2.45) is 4.99 Å². The van der Waals surface area contributed by atoms with E-state index < -0.39 is 0 Å². The van der Waals surface area contributed by atoms with Crippen LogP contribution in [0.3, 0.4) is 0 Å². The van der Waals surface area contributed by atoms with Gasteiger partial charge in [-0.1, -0.05) is 85.8 Å². The predicted octanol–water partition coefficient (Wildman–Crippen LogP) is 5.51. The maximum absolute atomic E-state index is 13.4. The molecule has 4 aromatic rings. The number of nitrogens with one attached hydrogen (secondary N) is 1. The lowest BCUT2D eigenvalue weighted by Crippen LogP contribution is -2.31. The summed E-state index contributed by atoms with van der Waals surface area (Å²) in [5, 5.41) is 14.3. The maximum atomic E-state index is 13.4. The molecule has 0 radical (unpaired) electrons. The Bertz CT molecular complexity index is 1390. The predicted molar refractivity (Wildman–Crippen MR) is 137 cm³/mol. The molecule has 35 heavy (non-hydrogen) atoms. The molecule has 0 bridgehead atoms. The second-order valence-corrected chi connectivity index (χ2v) is 8.50. The number of nitrogens with zero attached hydrogens (tertiary/aromatic N) is 5. The van der Waals surface area contributed by atoms with Crippen LogP contribution in [0.25, 0.3) is 28.1 Å². The Balaban J connectivity index is 1.41. The van der Waals surface area contributed by atoms with Crippen molar-refractivity contribution in [2.45, 2.75) is 33.2 Å². The van der Waals surface area contributed by atoms with Crippen molar-refractivity contribution in [3.05, 3.63) is 95.7 Å².